The molecule has 1 aliphatic heterocycles. The first-order chi connectivity index (χ1) is 5.30. The molecule has 0 amide bonds. The predicted octanol–water partition coefficient (Wildman–Crippen LogP) is 2.60. The lowest BCUT2D eigenvalue weighted by Gasteiger charge is -2.18. The molecule has 0 saturated carbocycles. The van der Waals surface area contributed by atoms with Crippen LogP contribution in [0.4, 0.5) is 0 Å². The van der Waals surface area contributed by atoms with Gasteiger partial charge in [-0.05, 0) is 19.3 Å². The molecule has 0 bridgehead atoms. The lowest BCUT2D eigenvalue weighted by Crippen LogP contribution is -2.25. The number of thiocarbonyl (C=S) groups is 1. The van der Waals surface area contributed by atoms with E-state index < -0.39 is 0 Å². The summed E-state index contributed by atoms with van der Waals surface area (Å²) in [5, 5.41) is 0. The second-order valence-electron chi connectivity index (χ2n) is 3.33. The van der Waals surface area contributed by atoms with Crippen LogP contribution in [0.5, 0.6) is 0 Å². The van der Waals surface area contributed by atoms with Gasteiger partial charge < -0.3 is 4.90 Å². The second kappa shape index (κ2) is 4.70. The molecule has 0 aromatic carbocycles. The van der Waals surface area contributed by atoms with Crippen LogP contribution in [0.15, 0.2) is 0 Å². The Hall–Kier alpha value is -0.110. The fourth-order valence-corrected chi connectivity index (χ4v) is 1.71. The first-order valence-corrected chi connectivity index (χ1v) is 4.95. The molecule has 1 saturated heterocycles. The minimum absolute atomic E-state index is 1.13. The Balaban J connectivity index is 2.35. The molecule has 0 unspecified atom stereocenters. The summed E-state index contributed by atoms with van der Waals surface area (Å²) in [6, 6.07) is 0. The third-order valence-corrected chi connectivity index (χ3v) is 2.83. The van der Waals surface area contributed by atoms with Crippen molar-refractivity contribution >= 4 is 17.2 Å². The van der Waals surface area contributed by atoms with Crippen molar-refractivity contribution in [3.63, 3.8) is 0 Å². The molecule has 64 valence electrons. The molecule has 2 heteroatoms. The van der Waals surface area contributed by atoms with Gasteiger partial charge in [0.1, 0.15) is 0 Å². The Morgan fingerprint density at radius 1 is 1.09 bits per heavy atom. The molecule has 0 aliphatic carbocycles. The van der Waals surface area contributed by atoms with Crippen LogP contribution in [0, 0.1) is 0 Å². The summed E-state index contributed by atoms with van der Waals surface area (Å²) in [5.74, 6) is 0. The van der Waals surface area contributed by atoms with Gasteiger partial charge in [0.2, 0.25) is 0 Å². The quantitative estimate of drug-likeness (QED) is 0.515. The van der Waals surface area contributed by atoms with Crippen molar-refractivity contribution in [2.24, 2.45) is 0 Å². The Labute approximate surface area is 74.8 Å². The number of rotatable bonds is 0. The minimum atomic E-state index is 1.13. The average Bonchev–Trinajstić information content (AvgIpc) is 2.07. The van der Waals surface area contributed by atoms with Crippen molar-refractivity contribution < 1.29 is 0 Å². The van der Waals surface area contributed by atoms with Gasteiger partial charge in [0.05, 0.1) is 4.99 Å². The summed E-state index contributed by atoms with van der Waals surface area (Å²) in [7, 11) is 2.12. The molecule has 1 rings (SSSR count). The minimum Gasteiger partial charge on any atom is -0.369 e. The summed E-state index contributed by atoms with van der Waals surface area (Å²) in [6.45, 7) is 1.17. The van der Waals surface area contributed by atoms with Gasteiger partial charge in [-0.1, -0.05) is 31.5 Å². The summed E-state index contributed by atoms with van der Waals surface area (Å²) in [6.07, 6.45) is 7.89. The predicted molar refractivity (Wildman–Crippen MR) is 52.9 cm³/mol. The molecule has 0 radical (unpaired) electrons. The van der Waals surface area contributed by atoms with Gasteiger partial charge in [0.15, 0.2) is 0 Å². The van der Waals surface area contributed by atoms with E-state index in [9.17, 15) is 0 Å². The summed E-state index contributed by atoms with van der Waals surface area (Å²) < 4.78 is 0. The molecule has 0 spiro atoms. The lowest BCUT2D eigenvalue weighted by atomic mass is 10.1. The van der Waals surface area contributed by atoms with Gasteiger partial charge in [-0.2, -0.15) is 0 Å². The smallest absolute Gasteiger partial charge is 0.0776 e. The third kappa shape index (κ3) is 3.19. The van der Waals surface area contributed by atoms with Gasteiger partial charge in [-0.25, -0.2) is 0 Å². The number of hydrogen-bond donors (Lipinski definition) is 0. The Bertz CT molecular complexity index is 134. The Morgan fingerprint density at radius 3 is 2.55 bits per heavy atom. The van der Waals surface area contributed by atoms with Crippen LogP contribution >= 0.6 is 12.2 Å². The van der Waals surface area contributed by atoms with Crippen LogP contribution in [-0.4, -0.2) is 23.5 Å². The largest absolute Gasteiger partial charge is 0.369 e. The highest BCUT2D eigenvalue weighted by Gasteiger charge is 2.05. The summed E-state index contributed by atoms with van der Waals surface area (Å²) in [4.78, 5) is 3.40. The van der Waals surface area contributed by atoms with E-state index in [4.69, 9.17) is 12.2 Å². The fraction of sp³-hybridized carbons (Fsp3) is 0.889. The van der Waals surface area contributed by atoms with Gasteiger partial charge in [-0.3, -0.25) is 0 Å². The summed E-state index contributed by atoms with van der Waals surface area (Å²) in [5.41, 5.74) is 0. The molecule has 1 nitrogen and oxygen atoms in total. The lowest BCUT2D eigenvalue weighted by molar-refractivity contribution is 0.481. The first kappa shape index (κ1) is 8.98. The van der Waals surface area contributed by atoms with Crippen LogP contribution < -0.4 is 0 Å². The van der Waals surface area contributed by atoms with Crippen LogP contribution in [0.25, 0.3) is 0 Å². The topological polar surface area (TPSA) is 3.24 Å². The zero-order valence-corrected chi connectivity index (χ0v) is 8.12. The van der Waals surface area contributed by atoms with E-state index >= 15 is 0 Å². The first-order valence-electron chi connectivity index (χ1n) is 4.54. The van der Waals surface area contributed by atoms with Crippen molar-refractivity contribution in [1.82, 2.24) is 4.90 Å². The zero-order valence-electron chi connectivity index (χ0n) is 7.31. The standard InChI is InChI=1S/C9H17NS/c1-10-8-6-4-2-3-5-7-9(10)11/h2-8H2,1H3. The third-order valence-electron chi connectivity index (χ3n) is 2.31. The average molecular weight is 171 g/mol. The maximum atomic E-state index is 5.26. The fourth-order valence-electron chi connectivity index (χ4n) is 1.47. The van der Waals surface area contributed by atoms with E-state index in [0.717, 1.165) is 11.4 Å². The monoisotopic (exact) mass is 171 g/mol. The van der Waals surface area contributed by atoms with Crippen molar-refractivity contribution in [3.8, 4) is 0 Å². The molecule has 1 heterocycles. The SMILES string of the molecule is CN1CCCCCCCC1=S. The van der Waals surface area contributed by atoms with Gasteiger partial charge in [0.25, 0.3) is 0 Å². The normalized spacial score (nSPS) is 22.3. The Morgan fingerprint density at radius 2 is 1.73 bits per heavy atom. The van der Waals surface area contributed by atoms with Crippen LogP contribution in [-0.2, 0) is 0 Å². The molecule has 1 aliphatic rings. The maximum Gasteiger partial charge on any atom is 0.0776 e. The van der Waals surface area contributed by atoms with Crippen LogP contribution in [0.1, 0.15) is 38.5 Å². The molecule has 11 heavy (non-hydrogen) atoms. The van der Waals surface area contributed by atoms with E-state index in [-0.39, 0.29) is 0 Å². The summed E-state index contributed by atoms with van der Waals surface area (Å²) >= 11 is 5.26. The van der Waals surface area contributed by atoms with E-state index in [2.05, 4.69) is 11.9 Å². The molecule has 0 aromatic rings. The second-order valence-corrected chi connectivity index (χ2v) is 3.80. The van der Waals surface area contributed by atoms with E-state index in [1.54, 1.807) is 0 Å². The zero-order chi connectivity index (χ0) is 8.10. The van der Waals surface area contributed by atoms with E-state index in [1.807, 2.05) is 0 Å². The highest BCUT2D eigenvalue weighted by molar-refractivity contribution is 7.80. The number of nitrogens with zero attached hydrogens (tertiary/aromatic N) is 1. The molecule has 1 fully saturated rings. The highest BCUT2D eigenvalue weighted by atomic mass is 32.1. The van der Waals surface area contributed by atoms with Crippen molar-refractivity contribution in [2.75, 3.05) is 13.6 Å². The van der Waals surface area contributed by atoms with E-state index in [0.29, 0.717) is 0 Å². The number of hydrogen-bond acceptors (Lipinski definition) is 1. The molecular weight excluding hydrogens is 154 g/mol. The maximum absolute atomic E-state index is 5.26. The van der Waals surface area contributed by atoms with Gasteiger partial charge >= 0.3 is 0 Å². The molecule has 0 N–H and O–H groups in total. The molecule has 0 atom stereocenters. The van der Waals surface area contributed by atoms with Gasteiger partial charge in [-0.15, -0.1) is 0 Å². The Kier molecular flexibility index (Phi) is 3.84. The van der Waals surface area contributed by atoms with Crippen molar-refractivity contribution in [3.05, 3.63) is 0 Å². The van der Waals surface area contributed by atoms with Crippen molar-refractivity contribution in [1.29, 1.82) is 0 Å². The van der Waals surface area contributed by atoms with Crippen LogP contribution in [0.3, 0.4) is 0 Å². The van der Waals surface area contributed by atoms with Gasteiger partial charge in [0, 0.05) is 13.6 Å². The highest BCUT2D eigenvalue weighted by Crippen LogP contribution is 2.11. The molecule has 0 aromatic heterocycles. The van der Waals surface area contributed by atoms with E-state index in [1.165, 1.54) is 38.6 Å². The van der Waals surface area contributed by atoms with Crippen LogP contribution in [0.2, 0.25) is 0 Å². The van der Waals surface area contributed by atoms with Crippen molar-refractivity contribution in [2.45, 2.75) is 38.5 Å². The molecular formula is C9H17NS.